The van der Waals surface area contributed by atoms with Crippen molar-refractivity contribution in [1.29, 1.82) is 0 Å². The molecule has 0 amide bonds. The molecule has 13 heteroatoms. The fourth-order valence-corrected chi connectivity index (χ4v) is 3.00. The molecule has 0 aromatic heterocycles. The summed E-state index contributed by atoms with van der Waals surface area (Å²) in [5, 5.41) is 37.6. The Kier molecular flexibility index (Phi) is 7.96. The quantitative estimate of drug-likeness (QED) is 0.167. The Morgan fingerprint density at radius 1 is 1.12 bits per heavy atom. The van der Waals surface area contributed by atoms with Gasteiger partial charge >= 0.3 is 11.9 Å². The van der Waals surface area contributed by atoms with Crippen molar-refractivity contribution >= 4 is 47.3 Å². The zero-order chi connectivity index (χ0) is 23.9. The van der Waals surface area contributed by atoms with Gasteiger partial charge in [-0.2, -0.15) is 12.6 Å². The van der Waals surface area contributed by atoms with Gasteiger partial charge in [-0.15, -0.1) is 0 Å². The van der Waals surface area contributed by atoms with E-state index < -0.39 is 38.7 Å². The van der Waals surface area contributed by atoms with Crippen LogP contribution in [0.2, 0.25) is 0 Å². The number of aliphatic carboxylic acids is 1. The third kappa shape index (κ3) is 5.63. The van der Waals surface area contributed by atoms with Gasteiger partial charge in [0.25, 0.3) is 11.4 Å². The highest BCUT2D eigenvalue weighted by molar-refractivity contribution is 7.80. The Balaban J connectivity index is 2.28. The van der Waals surface area contributed by atoms with Crippen molar-refractivity contribution < 1.29 is 29.3 Å². The summed E-state index contributed by atoms with van der Waals surface area (Å²) < 4.78 is 4.90. The van der Waals surface area contributed by atoms with E-state index in [1.54, 1.807) is 19.1 Å². The van der Waals surface area contributed by atoms with E-state index in [9.17, 15) is 34.9 Å². The van der Waals surface area contributed by atoms with Crippen molar-refractivity contribution in [2.24, 2.45) is 0 Å². The Labute approximate surface area is 187 Å². The fraction of sp³-hybridized carbons (Fsp3) is 0.263. The number of ether oxygens (including phenoxy) is 1. The smallest absolute Gasteiger partial charge is 0.338 e. The summed E-state index contributed by atoms with van der Waals surface area (Å²) in [6.45, 7) is 1.65. The molecule has 0 radical (unpaired) electrons. The molecule has 0 heterocycles. The number of rotatable bonds is 11. The number of carboxylic acids is 1. The van der Waals surface area contributed by atoms with Crippen LogP contribution in [0.1, 0.15) is 17.3 Å². The molecule has 0 spiro atoms. The minimum absolute atomic E-state index is 0.212. The summed E-state index contributed by atoms with van der Waals surface area (Å²) in [5.74, 6) is -2.12. The molecule has 170 valence electrons. The number of nitrogens with one attached hydrogen (secondary N) is 2. The lowest BCUT2D eigenvalue weighted by atomic mass is 10.0. The highest BCUT2D eigenvalue weighted by atomic mass is 32.1. The number of anilines is 2. The van der Waals surface area contributed by atoms with Gasteiger partial charge in [-0.05, 0) is 37.3 Å². The standard InChI is InChI=1S/C19H20N4O8S/c1-2-31-17(24)12-3-5-13(6-4-12)20-10-19(11-32,18(25)26)21-15-8-7-14(22(27)28)9-16(15)23(29)30/h3-9,20-21,32H,2,10-11H2,1H3,(H,25,26). The molecule has 0 bridgehead atoms. The second-order valence-corrected chi connectivity index (χ2v) is 6.85. The summed E-state index contributed by atoms with van der Waals surface area (Å²) in [6, 6.07) is 8.94. The van der Waals surface area contributed by atoms with Gasteiger partial charge < -0.3 is 20.5 Å². The number of hydrogen-bond acceptors (Lipinski definition) is 10. The van der Waals surface area contributed by atoms with Gasteiger partial charge in [-0.3, -0.25) is 20.2 Å². The average Bonchev–Trinajstić information content (AvgIpc) is 2.76. The average molecular weight is 464 g/mol. The van der Waals surface area contributed by atoms with Crippen LogP contribution in [0.5, 0.6) is 0 Å². The fourth-order valence-electron chi connectivity index (χ4n) is 2.68. The van der Waals surface area contributed by atoms with Crippen LogP contribution in [-0.4, -0.2) is 51.3 Å². The number of benzene rings is 2. The second-order valence-electron chi connectivity index (χ2n) is 6.54. The predicted octanol–water partition coefficient (Wildman–Crippen LogP) is 2.96. The number of non-ortho nitro benzene ring substituents is 1. The van der Waals surface area contributed by atoms with Gasteiger partial charge in [0.15, 0.2) is 5.54 Å². The summed E-state index contributed by atoms with van der Waals surface area (Å²) in [7, 11) is 0. The van der Waals surface area contributed by atoms with Crippen molar-refractivity contribution in [2.75, 3.05) is 29.5 Å². The lowest BCUT2D eigenvalue weighted by molar-refractivity contribution is -0.393. The maximum absolute atomic E-state index is 12.1. The highest BCUT2D eigenvalue weighted by Gasteiger charge is 2.39. The van der Waals surface area contributed by atoms with Gasteiger partial charge in [0.1, 0.15) is 5.69 Å². The maximum atomic E-state index is 12.1. The van der Waals surface area contributed by atoms with Gasteiger partial charge in [-0.25, -0.2) is 9.59 Å². The molecule has 0 fully saturated rings. The molecule has 0 aliphatic carbocycles. The van der Waals surface area contributed by atoms with E-state index in [2.05, 4.69) is 23.3 Å². The minimum Gasteiger partial charge on any atom is -0.479 e. The van der Waals surface area contributed by atoms with E-state index in [1.165, 1.54) is 12.1 Å². The zero-order valence-corrected chi connectivity index (χ0v) is 17.7. The van der Waals surface area contributed by atoms with E-state index in [0.29, 0.717) is 11.3 Å². The summed E-state index contributed by atoms with van der Waals surface area (Å²) in [5.41, 5.74) is -2.37. The van der Waals surface area contributed by atoms with Crippen molar-refractivity contribution in [3.8, 4) is 0 Å². The first-order valence-electron chi connectivity index (χ1n) is 9.20. The lowest BCUT2D eigenvalue weighted by Crippen LogP contribution is -2.53. The van der Waals surface area contributed by atoms with E-state index in [1.807, 2.05) is 0 Å². The van der Waals surface area contributed by atoms with Crippen molar-refractivity contribution in [3.63, 3.8) is 0 Å². The number of carboxylic acid groups (broad SMARTS) is 1. The third-order valence-electron chi connectivity index (χ3n) is 4.43. The number of carbonyl (C=O) groups is 2. The second kappa shape index (κ2) is 10.4. The molecule has 0 aliphatic heterocycles. The van der Waals surface area contributed by atoms with E-state index in [0.717, 1.165) is 18.2 Å². The van der Waals surface area contributed by atoms with Crippen molar-refractivity contribution in [2.45, 2.75) is 12.5 Å². The monoisotopic (exact) mass is 464 g/mol. The van der Waals surface area contributed by atoms with Crippen LogP contribution >= 0.6 is 12.6 Å². The Hall–Kier alpha value is -3.87. The number of hydrogen-bond donors (Lipinski definition) is 4. The number of thiol groups is 1. The van der Waals surface area contributed by atoms with Crippen LogP contribution in [0.15, 0.2) is 42.5 Å². The molecule has 0 saturated heterocycles. The minimum atomic E-state index is -1.80. The van der Waals surface area contributed by atoms with E-state index in [4.69, 9.17) is 4.74 Å². The molecular formula is C19H20N4O8S. The summed E-state index contributed by atoms with van der Waals surface area (Å²) in [6.07, 6.45) is 0. The highest BCUT2D eigenvalue weighted by Crippen LogP contribution is 2.31. The normalized spacial score (nSPS) is 12.3. The summed E-state index contributed by atoms with van der Waals surface area (Å²) in [4.78, 5) is 44.4. The van der Waals surface area contributed by atoms with Gasteiger partial charge in [-0.1, -0.05) is 0 Å². The molecule has 32 heavy (non-hydrogen) atoms. The lowest BCUT2D eigenvalue weighted by Gasteiger charge is -2.30. The van der Waals surface area contributed by atoms with Crippen LogP contribution in [0.3, 0.4) is 0 Å². The third-order valence-corrected chi connectivity index (χ3v) is 4.97. The van der Waals surface area contributed by atoms with Gasteiger partial charge in [0.05, 0.1) is 28.1 Å². The Bertz CT molecular complexity index is 1030. The van der Waals surface area contributed by atoms with Crippen LogP contribution in [-0.2, 0) is 9.53 Å². The predicted molar refractivity (Wildman–Crippen MR) is 118 cm³/mol. The van der Waals surface area contributed by atoms with Crippen LogP contribution in [0.4, 0.5) is 22.7 Å². The van der Waals surface area contributed by atoms with Crippen molar-refractivity contribution in [1.82, 2.24) is 0 Å². The van der Waals surface area contributed by atoms with Crippen LogP contribution < -0.4 is 10.6 Å². The van der Waals surface area contributed by atoms with E-state index in [-0.39, 0.29) is 24.6 Å². The Morgan fingerprint density at radius 2 is 1.78 bits per heavy atom. The molecule has 2 aromatic carbocycles. The SMILES string of the molecule is CCOC(=O)c1ccc(NCC(CS)(Nc2ccc([N+](=O)[O-])cc2[N+](=O)[O-])C(=O)O)cc1. The molecule has 2 rings (SSSR count). The molecule has 12 nitrogen and oxygen atoms in total. The van der Waals surface area contributed by atoms with Gasteiger partial charge in [0, 0.05) is 24.1 Å². The van der Waals surface area contributed by atoms with Crippen LogP contribution in [0, 0.1) is 20.2 Å². The van der Waals surface area contributed by atoms with Crippen LogP contribution in [0.25, 0.3) is 0 Å². The molecule has 2 aromatic rings. The van der Waals surface area contributed by atoms with Gasteiger partial charge in [0.2, 0.25) is 0 Å². The molecule has 1 atom stereocenters. The number of esters is 1. The zero-order valence-electron chi connectivity index (χ0n) is 16.8. The molecule has 0 saturated carbocycles. The van der Waals surface area contributed by atoms with Crippen molar-refractivity contribution in [3.05, 3.63) is 68.3 Å². The number of carbonyl (C=O) groups excluding carboxylic acids is 1. The first kappa shape index (κ1) is 24.4. The molecule has 1 unspecified atom stereocenters. The first-order valence-corrected chi connectivity index (χ1v) is 9.83. The molecule has 3 N–H and O–H groups in total. The Morgan fingerprint density at radius 3 is 2.28 bits per heavy atom. The maximum Gasteiger partial charge on any atom is 0.338 e. The summed E-state index contributed by atoms with van der Waals surface area (Å²) >= 11 is 4.10. The first-order chi connectivity index (χ1) is 15.1. The van der Waals surface area contributed by atoms with E-state index >= 15 is 0 Å². The molecule has 0 aliphatic rings. The molecular weight excluding hydrogens is 444 g/mol. The topological polar surface area (TPSA) is 174 Å². The number of nitrogens with zero attached hydrogens (tertiary/aromatic N) is 2. The number of nitro benzene ring substituents is 2. The number of nitro groups is 2. The largest absolute Gasteiger partial charge is 0.479 e.